The SMILES string of the molecule is O=Cc1cccn1C(C(=O)O)C(=O)O. The molecule has 0 aliphatic carbocycles. The van der Waals surface area contributed by atoms with E-state index in [-0.39, 0.29) is 5.69 Å². The Bertz CT molecular complexity index is 367. The number of nitrogens with zero attached hydrogens (tertiary/aromatic N) is 1. The van der Waals surface area contributed by atoms with E-state index < -0.39 is 18.0 Å². The van der Waals surface area contributed by atoms with Gasteiger partial charge >= 0.3 is 11.9 Å². The van der Waals surface area contributed by atoms with E-state index in [1.807, 2.05) is 0 Å². The lowest BCUT2D eigenvalue weighted by Crippen LogP contribution is -2.27. The van der Waals surface area contributed by atoms with Gasteiger partial charge in [0.2, 0.25) is 6.04 Å². The summed E-state index contributed by atoms with van der Waals surface area (Å²) < 4.78 is 0.887. The number of carboxylic acids is 2. The Hall–Kier alpha value is -2.11. The molecule has 0 aromatic carbocycles. The molecule has 2 N–H and O–H groups in total. The second-order valence-corrected chi connectivity index (χ2v) is 2.54. The van der Waals surface area contributed by atoms with Crippen LogP contribution >= 0.6 is 0 Å². The zero-order chi connectivity index (χ0) is 10.7. The molecule has 0 unspecified atom stereocenters. The van der Waals surface area contributed by atoms with Crippen molar-refractivity contribution in [3.8, 4) is 0 Å². The van der Waals surface area contributed by atoms with Crippen LogP contribution in [0.3, 0.4) is 0 Å². The van der Waals surface area contributed by atoms with E-state index in [0.717, 1.165) is 4.57 Å². The Morgan fingerprint density at radius 3 is 2.36 bits per heavy atom. The number of rotatable bonds is 4. The topological polar surface area (TPSA) is 96.6 Å². The molecular weight excluding hydrogens is 190 g/mol. The molecule has 74 valence electrons. The summed E-state index contributed by atoms with van der Waals surface area (Å²) in [6.07, 6.45) is 1.63. The third kappa shape index (κ3) is 1.63. The van der Waals surface area contributed by atoms with Crippen LogP contribution in [0.2, 0.25) is 0 Å². The first-order chi connectivity index (χ1) is 6.57. The third-order valence-corrected chi connectivity index (χ3v) is 1.68. The molecule has 0 radical (unpaired) electrons. The summed E-state index contributed by atoms with van der Waals surface area (Å²) in [7, 11) is 0. The van der Waals surface area contributed by atoms with Gasteiger partial charge in [-0.3, -0.25) is 4.79 Å². The summed E-state index contributed by atoms with van der Waals surface area (Å²) in [4.78, 5) is 31.6. The van der Waals surface area contributed by atoms with Crippen molar-refractivity contribution in [3.05, 3.63) is 24.0 Å². The van der Waals surface area contributed by atoms with Gasteiger partial charge < -0.3 is 14.8 Å². The van der Waals surface area contributed by atoms with Crippen molar-refractivity contribution in [3.63, 3.8) is 0 Å². The summed E-state index contributed by atoms with van der Waals surface area (Å²) in [5.74, 6) is -3.03. The molecule has 0 fully saturated rings. The summed E-state index contributed by atoms with van der Waals surface area (Å²) in [6.45, 7) is 0. The van der Waals surface area contributed by atoms with Crippen molar-refractivity contribution in [2.24, 2.45) is 0 Å². The minimum atomic E-state index is -1.76. The number of carboxylic acid groups (broad SMARTS) is 2. The van der Waals surface area contributed by atoms with Crippen LogP contribution in [-0.4, -0.2) is 33.0 Å². The van der Waals surface area contributed by atoms with Gasteiger partial charge in [-0.2, -0.15) is 0 Å². The number of carbonyl (C=O) groups is 3. The molecule has 1 rings (SSSR count). The van der Waals surface area contributed by atoms with Crippen molar-refractivity contribution in [1.82, 2.24) is 4.57 Å². The van der Waals surface area contributed by atoms with Gasteiger partial charge in [0.15, 0.2) is 6.29 Å². The van der Waals surface area contributed by atoms with Crippen LogP contribution in [0.4, 0.5) is 0 Å². The number of carbonyl (C=O) groups excluding carboxylic acids is 1. The van der Waals surface area contributed by atoms with Crippen molar-refractivity contribution in [2.75, 3.05) is 0 Å². The van der Waals surface area contributed by atoms with Gasteiger partial charge in [-0.15, -0.1) is 0 Å². The van der Waals surface area contributed by atoms with E-state index in [1.165, 1.54) is 18.3 Å². The number of aromatic nitrogens is 1. The molecule has 0 amide bonds. The van der Waals surface area contributed by atoms with Crippen LogP contribution in [0.15, 0.2) is 18.3 Å². The van der Waals surface area contributed by atoms with E-state index in [9.17, 15) is 14.4 Å². The van der Waals surface area contributed by atoms with Crippen LogP contribution in [0.1, 0.15) is 16.5 Å². The van der Waals surface area contributed by atoms with E-state index in [0.29, 0.717) is 6.29 Å². The number of aldehydes is 1. The van der Waals surface area contributed by atoms with E-state index in [4.69, 9.17) is 10.2 Å². The predicted molar refractivity (Wildman–Crippen MR) is 44.1 cm³/mol. The van der Waals surface area contributed by atoms with Gasteiger partial charge in [0, 0.05) is 6.20 Å². The minimum Gasteiger partial charge on any atom is -0.479 e. The average Bonchev–Trinajstić information content (AvgIpc) is 2.51. The van der Waals surface area contributed by atoms with Gasteiger partial charge in [-0.05, 0) is 12.1 Å². The van der Waals surface area contributed by atoms with Gasteiger partial charge in [0.25, 0.3) is 0 Å². The maximum absolute atomic E-state index is 10.6. The van der Waals surface area contributed by atoms with E-state index in [2.05, 4.69) is 0 Å². The Labute approximate surface area is 78.4 Å². The van der Waals surface area contributed by atoms with Crippen LogP contribution in [0, 0.1) is 0 Å². The quantitative estimate of drug-likeness (QED) is 0.523. The van der Waals surface area contributed by atoms with Gasteiger partial charge in [0.1, 0.15) is 0 Å². The second kappa shape index (κ2) is 3.73. The highest BCUT2D eigenvalue weighted by Crippen LogP contribution is 2.11. The monoisotopic (exact) mass is 197 g/mol. The highest BCUT2D eigenvalue weighted by Gasteiger charge is 2.28. The fraction of sp³-hybridized carbons (Fsp3) is 0.125. The van der Waals surface area contributed by atoms with Crippen molar-refractivity contribution >= 4 is 18.2 Å². The lowest BCUT2D eigenvalue weighted by molar-refractivity contribution is -0.153. The highest BCUT2D eigenvalue weighted by molar-refractivity contribution is 5.96. The van der Waals surface area contributed by atoms with Crippen LogP contribution in [-0.2, 0) is 9.59 Å². The first-order valence-electron chi connectivity index (χ1n) is 3.65. The van der Waals surface area contributed by atoms with E-state index >= 15 is 0 Å². The highest BCUT2D eigenvalue weighted by atomic mass is 16.4. The predicted octanol–water partition coefficient (Wildman–Crippen LogP) is 0.0109. The molecule has 1 aromatic heterocycles. The fourth-order valence-electron chi connectivity index (χ4n) is 1.09. The fourth-order valence-corrected chi connectivity index (χ4v) is 1.09. The van der Waals surface area contributed by atoms with Crippen molar-refractivity contribution < 1.29 is 24.6 Å². The minimum absolute atomic E-state index is 0.0137. The molecule has 0 saturated carbocycles. The van der Waals surface area contributed by atoms with Gasteiger partial charge in [0.05, 0.1) is 5.69 Å². The van der Waals surface area contributed by atoms with Crippen molar-refractivity contribution in [1.29, 1.82) is 0 Å². The standard InChI is InChI=1S/C8H7NO5/c10-4-5-2-1-3-9(5)6(7(11)12)8(13)14/h1-4,6H,(H,11,12)(H,13,14). The summed E-state index contributed by atoms with van der Waals surface area (Å²) in [5, 5.41) is 17.2. The Morgan fingerprint density at radius 2 is 1.93 bits per heavy atom. The molecule has 6 nitrogen and oxygen atoms in total. The zero-order valence-corrected chi connectivity index (χ0v) is 6.95. The molecule has 14 heavy (non-hydrogen) atoms. The molecule has 1 aromatic rings. The first-order valence-corrected chi connectivity index (χ1v) is 3.65. The van der Waals surface area contributed by atoms with Crippen LogP contribution in [0.25, 0.3) is 0 Å². The molecule has 0 bridgehead atoms. The maximum Gasteiger partial charge on any atom is 0.338 e. The molecule has 0 saturated heterocycles. The zero-order valence-electron chi connectivity index (χ0n) is 6.95. The summed E-state index contributed by atoms with van der Waals surface area (Å²) in [6, 6.07) is 0.985. The molecule has 0 aliphatic heterocycles. The second-order valence-electron chi connectivity index (χ2n) is 2.54. The molecule has 0 atom stereocenters. The Balaban J connectivity index is 3.17. The first kappa shape index (κ1) is 9.97. The molecule has 1 heterocycles. The van der Waals surface area contributed by atoms with Gasteiger partial charge in [-0.25, -0.2) is 9.59 Å². The van der Waals surface area contributed by atoms with E-state index in [1.54, 1.807) is 0 Å². The smallest absolute Gasteiger partial charge is 0.338 e. The molecule has 0 aliphatic rings. The average molecular weight is 197 g/mol. The van der Waals surface area contributed by atoms with Crippen molar-refractivity contribution in [2.45, 2.75) is 6.04 Å². The lowest BCUT2D eigenvalue weighted by Gasteiger charge is -2.10. The van der Waals surface area contributed by atoms with Gasteiger partial charge in [-0.1, -0.05) is 0 Å². The molecular formula is C8H7NO5. The molecule has 6 heteroatoms. The van der Waals surface area contributed by atoms with Crippen LogP contribution in [0.5, 0.6) is 0 Å². The Kier molecular flexibility index (Phi) is 2.66. The largest absolute Gasteiger partial charge is 0.479 e. The summed E-state index contributed by atoms with van der Waals surface area (Å²) >= 11 is 0. The normalized spacial score (nSPS) is 10.1. The maximum atomic E-state index is 10.6. The number of hydrogen-bond donors (Lipinski definition) is 2. The van der Waals surface area contributed by atoms with Crippen LogP contribution < -0.4 is 0 Å². The number of hydrogen-bond acceptors (Lipinski definition) is 3. The Morgan fingerprint density at radius 1 is 1.36 bits per heavy atom. The molecule has 0 spiro atoms. The third-order valence-electron chi connectivity index (χ3n) is 1.68. The summed E-state index contributed by atoms with van der Waals surface area (Å²) in [5.41, 5.74) is 0.0137. The number of aliphatic carboxylic acids is 2. The lowest BCUT2D eigenvalue weighted by atomic mass is 10.3.